The first-order valence-electron chi connectivity index (χ1n) is 10.9. The zero-order valence-corrected chi connectivity index (χ0v) is 19.3. The number of hydrogen-bond donors (Lipinski definition) is 1. The smallest absolute Gasteiger partial charge is 0.381 e. The lowest BCUT2D eigenvalue weighted by Crippen LogP contribution is -2.42. The van der Waals surface area contributed by atoms with Crippen molar-refractivity contribution in [2.45, 2.75) is 97.5 Å². The minimum absolute atomic E-state index is 0.00870. The fourth-order valence-corrected chi connectivity index (χ4v) is 3.00. The van der Waals surface area contributed by atoms with Gasteiger partial charge in [-0.2, -0.15) is 13.2 Å². The van der Waals surface area contributed by atoms with Crippen molar-refractivity contribution in [1.82, 2.24) is 18.7 Å². The highest BCUT2D eigenvalue weighted by molar-refractivity contribution is 5.70. The van der Waals surface area contributed by atoms with Crippen molar-refractivity contribution in [2.75, 3.05) is 0 Å². The normalized spacial score (nSPS) is 15.5. The number of aromatic nitrogens is 4. The van der Waals surface area contributed by atoms with Gasteiger partial charge in [-0.25, -0.2) is 9.78 Å². The molecule has 7 nitrogen and oxygen atoms in total. The van der Waals surface area contributed by atoms with Crippen LogP contribution in [0.3, 0.4) is 0 Å². The first-order valence-corrected chi connectivity index (χ1v) is 10.9. The van der Waals surface area contributed by atoms with Gasteiger partial charge in [0.2, 0.25) is 0 Å². The molecule has 1 aliphatic rings. The lowest BCUT2D eigenvalue weighted by Gasteiger charge is -2.26. The Kier molecular flexibility index (Phi) is 9.53. The Labute approximate surface area is 180 Å². The summed E-state index contributed by atoms with van der Waals surface area (Å²) in [5, 5.41) is 9.45. The van der Waals surface area contributed by atoms with Gasteiger partial charge >= 0.3 is 11.9 Å². The van der Waals surface area contributed by atoms with Crippen LogP contribution in [0.4, 0.5) is 13.2 Å². The van der Waals surface area contributed by atoms with Crippen LogP contribution < -0.4 is 11.2 Å². The number of imidazole rings is 1. The van der Waals surface area contributed by atoms with Gasteiger partial charge in [-0.1, -0.05) is 34.1 Å². The predicted octanol–water partition coefficient (Wildman–Crippen LogP) is 4.16. The van der Waals surface area contributed by atoms with E-state index in [1.807, 2.05) is 13.8 Å². The second-order valence-electron chi connectivity index (χ2n) is 7.79. The van der Waals surface area contributed by atoms with E-state index in [9.17, 15) is 27.9 Å². The van der Waals surface area contributed by atoms with Gasteiger partial charge < -0.3 is 9.67 Å². The van der Waals surface area contributed by atoms with E-state index < -0.39 is 29.4 Å². The van der Waals surface area contributed by atoms with Gasteiger partial charge in [0, 0.05) is 19.6 Å². The Balaban J connectivity index is 0.000000884. The fourth-order valence-electron chi connectivity index (χ4n) is 3.00. The third-order valence-electron chi connectivity index (χ3n) is 4.90. The minimum atomic E-state index is -4.71. The molecule has 2 aromatic heterocycles. The van der Waals surface area contributed by atoms with E-state index in [1.165, 1.54) is 18.0 Å². The highest BCUT2D eigenvalue weighted by atomic mass is 19.4. The Bertz CT molecular complexity index is 954. The Hall–Kier alpha value is -2.10. The minimum Gasteiger partial charge on any atom is -0.381 e. The van der Waals surface area contributed by atoms with Crippen molar-refractivity contribution >= 4 is 11.2 Å². The summed E-state index contributed by atoms with van der Waals surface area (Å²) in [5.41, 5.74) is -3.15. The van der Waals surface area contributed by atoms with E-state index in [-0.39, 0.29) is 25.4 Å². The molecule has 0 aliphatic heterocycles. The number of halogens is 3. The lowest BCUT2D eigenvalue weighted by molar-refractivity contribution is -0.255. The van der Waals surface area contributed by atoms with Crippen LogP contribution in [0.25, 0.3) is 11.2 Å². The maximum absolute atomic E-state index is 12.7. The van der Waals surface area contributed by atoms with E-state index in [2.05, 4.69) is 18.8 Å². The summed E-state index contributed by atoms with van der Waals surface area (Å²) in [6, 6.07) is 0.209. The summed E-state index contributed by atoms with van der Waals surface area (Å²) in [6.45, 7) is 8.96. The van der Waals surface area contributed by atoms with Crippen LogP contribution in [0, 0.1) is 0 Å². The average molecular weight is 449 g/mol. The number of hydrogen-bond acceptors (Lipinski definition) is 4. The van der Waals surface area contributed by atoms with Gasteiger partial charge in [-0.3, -0.25) is 13.9 Å². The van der Waals surface area contributed by atoms with Crippen molar-refractivity contribution in [1.29, 1.82) is 0 Å². The van der Waals surface area contributed by atoms with Crippen molar-refractivity contribution < 1.29 is 18.3 Å². The fraction of sp³-hybridized carbons (Fsp3) is 0.762. The Morgan fingerprint density at radius 2 is 1.71 bits per heavy atom. The van der Waals surface area contributed by atoms with Crippen molar-refractivity contribution in [3.05, 3.63) is 27.2 Å². The van der Waals surface area contributed by atoms with Gasteiger partial charge in [0.1, 0.15) is 0 Å². The van der Waals surface area contributed by atoms with Gasteiger partial charge in [-0.15, -0.1) is 0 Å². The topological polar surface area (TPSA) is 82.0 Å². The molecule has 0 aromatic carbocycles. The van der Waals surface area contributed by atoms with E-state index >= 15 is 0 Å². The van der Waals surface area contributed by atoms with E-state index in [0.717, 1.165) is 24.3 Å². The van der Waals surface area contributed by atoms with Crippen LogP contribution in [0.15, 0.2) is 15.9 Å². The molecule has 10 heteroatoms. The quantitative estimate of drug-likeness (QED) is 0.673. The number of alkyl halides is 3. The second kappa shape index (κ2) is 11.0. The molecule has 2 aromatic rings. The van der Waals surface area contributed by atoms with Crippen molar-refractivity contribution in [3.8, 4) is 0 Å². The van der Waals surface area contributed by atoms with Crippen LogP contribution in [0.5, 0.6) is 0 Å². The molecule has 2 heterocycles. The molecule has 1 fully saturated rings. The molecular formula is C21H35F3N4O3. The van der Waals surface area contributed by atoms with Crippen LogP contribution in [0.2, 0.25) is 0 Å². The predicted molar refractivity (Wildman–Crippen MR) is 115 cm³/mol. The molecule has 0 spiro atoms. The second-order valence-corrected chi connectivity index (χ2v) is 7.79. The SMILES string of the molecule is CC.CCC.Cn1c(=O)n(CCCCC(C)(O)C(F)(F)F)c(=O)c2c1ncn2C1CC1. The highest BCUT2D eigenvalue weighted by Crippen LogP contribution is 2.36. The summed E-state index contributed by atoms with van der Waals surface area (Å²) in [5.74, 6) is 0. The third kappa shape index (κ3) is 6.21. The number of aryl methyl sites for hydroxylation is 1. The first kappa shape index (κ1) is 26.9. The molecule has 0 amide bonds. The molecule has 1 unspecified atom stereocenters. The number of rotatable bonds is 6. The standard InChI is InChI=1S/C16H21F3N4O3.C3H8.C2H6/c1-15(26,16(17,18)19)7-3-4-8-22-13(24)11-12(21(2)14(22)25)20-9-23(11)10-5-6-10;1-3-2;1-2/h9-10,26H,3-8H2,1-2H3;3H2,1-2H3;1-2H3. The van der Waals surface area contributed by atoms with E-state index in [0.29, 0.717) is 11.2 Å². The molecule has 0 saturated heterocycles. The van der Waals surface area contributed by atoms with Gasteiger partial charge in [-0.05, 0) is 39.0 Å². The number of nitrogens with zero attached hydrogens (tertiary/aromatic N) is 4. The molecule has 3 rings (SSSR count). The summed E-state index contributed by atoms with van der Waals surface area (Å²) in [7, 11) is 1.51. The maximum Gasteiger partial charge on any atom is 0.416 e. The maximum atomic E-state index is 12.7. The van der Waals surface area contributed by atoms with Crippen LogP contribution >= 0.6 is 0 Å². The van der Waals surface area contributed by atoms with E-state index in [4.69, 9.17) is 0 Å². The number of unbranched alkanes of at least 4 members (excludes halogenated alkanes) is 1. The summed E-state index contributed by atoms with van der Waals surface area (Å²) in [6.07, 6.45) is -0.315. The largest absolute Gasteiger partial charge is 0.416 e. The van der Waals surface area contributed by atoms with Crippen LogP contribution in [-0.2, 0) is 13.6 Å². The Morgan fingerprint density at radius 1 is 1.16 bits per heavy atom. The molecule has 1 atom stereocenters. The monoisotopic (exact) mass is 448 g/mol. The van der Waals surface area contributed by atoms with Crippen molar-refractivity contribution in [3.63, 3.8) is 0 Å². The van der Waals surface area contributed by atoms with Gasteiger partial charge in [0.15, 0.2) is 16.8 Å². The molecule has 0 bridgehead atoms. The lowest BCUT2D eigenvalue weighted by atomic mass is 9.98. The summed E-state index contributed by atoms with van der Waals surface area (Å²) >= 11 is 0. The zero-order chi connectivity index (χ0) is 24.0. The highest BCUT2D eigenvalue weighted by Gasteiger charge is 2.49. The number of fused-ring (bicyclic) bond motifs is 1. The van der Waals surface area contributed by atoms with Crippen LogP contribution in [-0.4, -0.2) is 35.6 Å². The van der Waals surface area contributed by atoms with Crippen molar-refractivity contribution in [2.24, 2.45) is 7.05 Å². The van der Waals surface area contributed by atoms with Crippen LogP contribution in [0.1, 0.15) is 79.2 Å². The Morgan fingerprint density at radius 3 is 2.19 bits per heavy atom. The van der Waals surface area contributed by atoms with Gasteiger partial charge in [0.05, 0.1) is 6.33 Å². The van der Waals surface area contributed by atoms with E-state index in [1.54, 1.807) is 10.9 Å². The molecule has 1 saturated carbocycles. The molecule has 31 heavy (non-hydrogen) atoms. The molecular weight excluding hydrogens is 413 g/mol. The van der Waals surface area contributed by atoms with Gasteiger partial charge in [0.25, 0.3) is 5.56 Å². The number of aliphatic hydroxyl groups is 1. The first-order chi connectivity index (χ1) is 14.5. The molecule has 0 radical (unpaired) electrons. The zero-order valence-electron chi connectivity index (χ0n) is 19.3. The molecule has 1 aliphatic carbocycles. The third-order valence-corrected chi connectivity index (χ3v) is 4.90. The molecule has 1 N–H and O–H groups in total. The summed E-state index contributed by atoms with van der Waals surface area (Å²) < 4.78 is 42.1. The summed E-state index contributed by atoms with van der Waals surface area (Å²) in [4.78, 5) is 29.3. The average Bonchev–Trinajstić information content (AvgIpc) is 3.45. The molecule has 178 valence electrons.